The molecule has 3 heterocycles. The van der Waals surface area contributed by atoms with Crippen molar-refractivity contribution in [3.05, 3.63) is 74.4 Å². The van der Waals surface area contributed by atoms with Crippen molar-refractivity contribution in [1.29, 1.82) is 0 Å². The maximum atomic E-state index is 13.6. The van der Waals surface area contributed by atoms with Gasteiger partial charge in [-0.2, -0.15) is 18.3 Å². The molecule has 0 aliphatic carbocycles. The van der Waals surface area contributed by atoms with E-state index in [0.717, 1.165) is 23.0 Å². The summed E-state index contributed by atoms with van der Waals surface area (Å²) in [5, 5.41) is 3.85. The third kappa shape index (κ3) is 7.75. The Labute approximate surface area is 255 Å². The highest BCUT2D eigenvalue weighted by Crippen LogP contribution is 2.55. The van der Waals surface area contributed by atoms with Crippen LogP contribution in [0.15, 0.2) is 35.4 Å². The number of hydrogen-bond acceptors (Lipinski definition) is 9. The number of benzene rings is 1. The van der Waals surface area contributed by atoms with E-state index < -0.39 is 60.2 Å². The Morgan fingerprint density at radius 3 is 2.27 bits per heavy atom. The first kappa shape index (κ1) is 33.8. The molecular weight excluding hydrogens is 633 g/mol. The van der Waals surface area contributed by atoms with E-state index >= 15 is 0 Å². The fourth-order valence-corrected chi connectivity index (χ4v) is 6.37. The summed E-state index contributed by atoms with van der Waals surface area (Å²) in [6, 6.07) is 1.86. The van der Waals surface area contributed by atoms with Gasteiger partial charge in [-0.05, 0) is 59.7 Å². The summed E-state index contributed by atoms with van der Waals surface area (Å²) in [5.74, 6) is -1.77. The standard InChI is InChI=1S/C27H31ClF4N5O6P/c1-25(2,3)42-44(40,43-26(4,5)6)41-15-37-24(39)22(28)19(13-34-37)35-9-10-36-20(12-33-21(36)14-35)23(38)17-8-7-16(29)11-18(17)27(30,31)32/h7-8,11-13H,9-10,14-15H2,1-6H3. The smallest absolute Gasteiger partial charge is 0.360 e. The van der Waals surface area contributed by atoms with E-state index in [1.54, 1.807) is 46.4 Å². The second kappa shape index (κ2) is 12.0. The SMILES string of the molecule is CC(C)(C)OP(=O)(OCn1ncc(N2CCn3c(C(=O)c4ccc(F)cc4C(F)(F)F)cnc3C2)c(Cl)c1=O)OC(C)(C)C. The Kier molecular flexibility index (Phi) is 9.22. The summed E-state index contributed by atoms with van der Waals surface area (Å²) in [5.41, 5.74) is -4.52. The minimum Gasteiger partial charge on any atom is -0.360 e. The second-order valence-electron chi connectivity index (χ2n) is 11.9. The van der Waals surface area contributed by atoms with Crippen molar-refractivity contribution in [2.75, 3.05) is 11.4 Å². The average molecular weight is 664 g/mol. The molecule has 4 rings (SSSR count). The van der Waals surface area contributed by atoms with Crippen LogP contribution in [-0.4, -0.2) is 42.9 Å². The predicted octanol–water partition coefficient (Wildman–Crippen LogP) is 6.21. The molecule has 3 aromatic rings. The maximum Gasteiger partial charge on any atom is 0.477 e. The molecule has 0 saturated carbocycles. The first-order valence-corrected chi connectivity index (χ1v) is 15.1. The summed E-state index contributed by atoms with van der Waals surface area (Å²) in [4.78, 5) is 32.0. The number of carbonyl (C=O) groups is 1. The van der Waals surface area contributed by atoms with E-state index in [-0.39, 0.29) is 42.1 Å². The second-order valence-corrected chi connectivity index (χ2v) is 13.8. The number of hydrogen-bond donors (Lipinski definition) is 0. The number of fused-ring (bicyclic) bond motifs is 1. The van der Waals surface area contributed by atoms with E-state index in [1.807, 2.05) is 0 Å². The van der Waals surface area contributed by atoms with Crippen LogP contribution in [-0.2, 0) is 44.1 Å². The van der Waals surface area contributed by atoms with E-state index in [4.69, 9.17) is 25.2 Å². The Bertz CT molecular complexity index is 1660. The molecule has 0 unspecified atom stereocenters. The molecule has 1 aromatic carbocycles. The number of imidazole rings is 1. The number of aromatic nitrogens is 4. The molecule has 1 aliphatic rings. The minimum atomic E-state index is -4.94. The van der Waals surface area contributed by atoms with Crippen molar-refractivity contribution in [1.82, 2.24) is 19.3 Å². The molecule has 1 aliphatic heterocycles. The molecule has 44 heavy (non-hydrogen) atoms. The molecule has 17 heteroatoms. The van der Waals surface area contributed by atoms with Crippen LogP contribution in [0.3, 0.4) is 0 Å². The first-order chi connectivity index (χ1) is 20.2. The van der Waals surface area contributed by atoms with E-state index in [1.165, 1.54) is 10.8 Å². The van der Waals surface area contributed by atoms with Crippen LogP contribution in [0.2, 0.25) is 5.02 Å². The van der Waals surface area contributed by atoms with Crippen molar-refractivity contribution in [3.8, 4) is 0 Å². The molecule has 0 fully saturated rings. The van der Waals surface area contributed by atoms with E-state index in [0.29, 0.717) is 5.82 Å². The number of rotatable bonds is 8. The number of ketones is 1. The third-order valence-corrected chi connectivity index (χ3v) is 8.37. The quantitative estimate of drug-likeness (QED) is 0.157. The fourth-order valence-electron chi connectivity index (χ4n) is 4.37. The average Bonchev–Trinajstić information content (AvgIpc) is 3.29. The number of phosphoric ester groups is 1. The van der Waals surface area contributed by atoms with Gasteiger partial charge in [0.05, 0.1) is 41.4 Å². The van der Waals surface area contributed by atoms with Gasteiger partial charge in [-0.3, -0.25) is 23.2 Å². The van der Waals surface area contributed by atoms with Crippen molar-refractivity contribution in [2.24, 2.45) is 0 Å². The highest BCUT2D eigenvalue weighted by atomic mass is 35.5. The number of phosphoric acid groups is 1. The van der Waals surface area contributed by atoms with Gasteiger partial charge in [-0.15, -0.1) is 0 Å². The van der Waals surface area contributed by atoms with Gasteiger partial charge in [0.25, 0.3) is 5.56 Å². The molecule has 0 bridgehead atoms. The number of anilines is 1. The van der Waals surface area contributed by atoms with Crippen molar-refractivity contribution >= 4 is 30.9 Å². The number of nitrogens with zero attached hydrogens (tertiary/aromatic N) is 5. The molecule has 2 aromatic heterocycles. The third-order valence-electron chi connectivity index (χ3n) is 6.04. The van der Waals surface area contributed by atoms with Gasteiger partial charge >= 0.3 is 14.0 Å². The van der Waals surface area contributed by atoms with Crippen molar-refractivity contribution in [2.45, 2.75) is 78.7 Å². The predicted molar refractivity (Wildman–Crippen MR) is 152 cm³/mol. The molecule has 0 N–H and O–H groups in total. The Balaban J connectivity index is 1.54. The Morgan fingerprint density at radius 1 is 1.05 bits per heavy atom. The normalized spacial score (nSPS) is 14.6. The number of halogens is 5. The summed E-state index contributed by atoms with van der Waals surface area (Å²) in [7, 11) is -4.15. The van der Waals surface area contributed by atoms with Crippen LogP contribution in [0.4, 0.5) is 23.2 Å². The Hall–Kier alpha value is -3.10. The summed E-state index contributed by atoms with van der Waals surface area (Å²) in [6.07, 6.45) is -2.50. The van der Waals surface area contributed by atoms with Gasteiger partial charge in [0.15, 0.2) is 6.73 Å². The maximum absolute atomic E-state index is 13.6. The Morgan fingerprint density at radius 2 is 1.68 bits per heavy atom. The minimum absolute atomic E-state index is 0.0399. The largest absolute Gasteiger partial charge is 0.477 e. The molecule has 11 nitrogen and oxygen atoms in total. The number of carbonyl (C=O) groups excluding carboxylic acids is 1. The highest BCUT2D eigenvalue weighted by molar-refractivity contribution is 7.48. The monoisotopic (exact) mass is 663 g/mol. The fraction of sp³-hybridized carbons (Fsp3) is 0.481. The van der Waals surface area contributed by atoms with Gasteiger partial charge in [-0.1, -0.05) is 11.6 Å². The van der Waals surface area contributed by atoms with Crippen molar-refractivity contribution in [3.63, 3.8) is 0 Å². The van der Waals surface area contributed by atoms with Crippen molar-refractivity contribution < 1.29 is 40.5 Å². The van der Waals surface area contributed by atoms with Gasteiger partial charge in [0, 0.05) is 18.7 Å². The molecule has 0 saturated heterocycles. The highest BCUT2D eigenvalue weighted by Gasteiger charge is 2.39. The summed E-state index contributed by atoms with van der Waals surface area (Å²) in [6.45, 7) is 9.72. The van der Waals surface area contributed by atoms with Crippen LogP contribution < -0.4 is 10.5 Å². The topological polar surface area (TPSA) is 118 Å². The lowest BCUT2D eigenvalue weighted by molar-refractivity contribution is -0.138. The molecule has 0 amide bonds. The van der Waals surface area contributed by atoms with Crippen LogP contribution in [0.1, 0.15) is 69.0 Å². The zero-order valence-electron chi connectivity index (χ0n) is 24.7. The van der Waals surface area contributed by atoms with Gasteiger partial charge in [0.1, 0.15) is 22.4 Å². The van der Waals surface area contributed by atoms with E-state index in [2.05, 4.69) is 10.1 Å². The zero-order valence-corrected chi connectivity index (χ0v) is 26.4. The van der Waals surface area contributed by atoms with Crippen LogP contribution in [0.5, 0.6) is 0 Å². The summed E-state index contributed by atoms with van der Waals surface area (Å²) >= 11 is 6.41. The molecule has 0 atom stereocenters. The van der Waals surface area contributed by atoms with Crippen LogP contribution in [0, 0.1) is 5.82 Å². The lowest BCUT2D eigenvalue weighted by Crippen LogP contribution is -2.37. The summed E-state index contributed by atoms with van der Waals surface area (Å²) < 4.78 is 86.2. The van der Waals surface area contributed by atoms with Gasteiger partial charge < -0.3 is 9.47 Å². The first-order valence-electron chi connectivity index (χ1n) is 13.3. The van der Waals surface area contributed by atoms with Gasteiger partial charge in [-0.25, -0.2) is 18.6 Å². The molecule has 0 spiro atoms. The van der Waals surface area contributed by atoms with Crippen LogP contribution in [0.25, 0.3) is 0 Å². The lowest BCUT2D eigenvalue weighted by Gasteiger charge is -2.31. The zero-order chi connectivity index (χ0) is 32.8. The number of alkyl halides is 3. The van der Waals surface area contributed by atoms with Gasteiger partial charge in [0.2, 0.25) is 5.78 Å². The lowest BCUT2D eigenvalue weighted by atomic mass is 10.0. The molecule has 240 valence electrons. The van der Waals surface area contributed by atoms with Crippen LogP contribution >= 0.6 is 19.4 Å². The molecular formula is C27H31ClF4N5O6P. The molecule has 0 radical (unpaired) electrons. The van der Waals surface area contributed by atoms with E-state index in [9.17, 15) is 31.7 Å².